The van der Waals surface area contributed by atoms with Gasteiger partial charge in [0.25, 0.3) is 0 Å². The van der Waals surface area contributed by atoms with Crippen LogP contribution in [-0.2, 0) is 4.43 Å². The van der Waals surface area contributed by atoms with Crippen molar-refractivity contribution in [2.45, 2.75) is 76.6 Å². The molecule has 0 bridgehead atoms. The van der Waals surface area contributed by atoms with Crippen LogP contribution in [0.15, 0.2) is 0 Å². The Balaban J connectivity index is 2.70. The molecule has 0 spiro atoms. The van der Waals surface area contributed by atoms with Crippen LogP contribution in [0.5, 0.6) is 0 Å². The van der Waals surface area contributed by atoms with Gasteiger partial charge < -0.3 is 10.2 Å². The number of hydrogen-bond acceptors (Lipinski definition) is 2. The van der Waals surface area contributed by atoms with Crippen LogP contribution in [-0.4, -0.2) is 20.5 Å². The van der Waals surface area contributed by atoms with Gasteiger partial charge in [-0.1, -0.05) is 27.2 Å². The second-order valence-corrected chi connectivity index (χ2v) is 9.76. The first-order chi connectivity index (χ1) is 7.66. The topological polar surface area (TPSA) is 35.2 Å². The summed E-state index contributed by atoms with van der Waals surface area (Å²) in [6.07, 6.45) is 6.10. The Kier molecular flexibility index (Phi) is 5.48. The molecule has 0 saturated carbocycles. The molecule has 0 aromatic rings. The highest BCUT2D eigenvalue weighted by Gasteiger charge is 2.43. The van der Waals surface area contributed by atoms with E-state index in [1.807, 2.05) is 0 Å². The van der Waals surface area contributed by atoms with E-state index in [2.05, 4.69) is 20.8 Å². The normalized spacial score (nSPS) is 29.2. The average Bonchev–Trinajstić information content (AvgIpc) is 2.36. The molecule has 1 unspecified atom stereocenters. The summed E-state index contributed by atoms with van der Waals surface area (Å²) in [7, 11) is -1.38. The molecule has 1 fully saturated rings. The van der Waals surface area contributed by atoms with Crippen LogP contribution in [0.3, 0.4) is 0 Å². The van der Waals surface area contributed by atoms with Gasteiger partial charge in [-0.3, -0.25) is 0 Å². The molecule has 1 saturated heterocycles. The van der Waals surface area contributed by atoms with Gasteiger partial charge in [-0.25, -0.2) is 0 Å². The predicted molar refractivity (Wildman–Crippen MR) is 73.2 cm³/mol. The smallest absolute Gasteiger partial charge is 0.193 e. The molecule has 1 aliphatic heterocycles. The molecule has 2 nitrogen and oxygen atoms in total. The van der Waals surface area contributed by atoms with Crippen LogP contribution < -0.4 is 5.73 Å². The Morgan fingerprint density at radius 2 is 1.94 bits per heavy atom. The van der Waals surface area contributed by atoms with Crippen molar-refractivity contribution in [3.05, 3.63) is 0 Å². The van der Waals surface area contributed by atoms with E-state index in [4.69, 9.17) is 10.2 Å². The second kappa shape index (κ2) is 6.17. The van der Waals surface area contributed by atoms with E-state index in [0.717, 1.165) is 13.0 Å². The largest absolute Gasteiger partial charge is 0.411 e. The molecule has 1 aliphatic rings. The number of nitrogens with two attached hydrogens (primary N) is 1. The minimum Gasteiger partial charge on any atom is -0.411 e. The molecule has 16 heavy (non-hydrogen) atoms. The fraction of sp³-hybridized carbons (Fsp3) is 1.00. The van der Waals surface area contributed by atoms with Crippen molar-refractivity contribution in [2.24, 2.45) is 5.73 Å². The highest BCUT2D eigenvalue weighted by atomic mass is 28.4. The summed E-state index contributed by atoms with van der Waals surface area (Å²) in [6.45, 7) is 7.74. The van der Waals surface area contributed by atoms with Gasteiger partial charge in [0.05, 0.1) is 5.60 Å². The molecule has 0 radical (unpaired) electrons. The number of rotatable bonds is 6. The lowest BCUT2D eigenvalue weighted by Gasteiger charge is -2.47. The molecule has 0 aliphatic carbocycles. The lowest BCUT2D eigenvalue weighted by molar-refractivity contribution is 0.0178. The Morgan fingerprint density at radius 1 is 1.25 bits per heavy atom. The first kappa shape index (κ1) is 14.2. The van der Waals surface area contributed by atoms with Gasteiger partial charge in [-0.05, 0) is 50.4 Å². The van der Waals surface area contributed by atoms with Crippen LogP contribution in [0, 0.1) is 0 Å². The van der Waals surface area contributed by atoms with E-state index < -0.39 is 8.32 Å². The van der Waals surface area contributed by atoms with E-state index in [0.29, 0.717) is 0 Å². The Labute approximate surface area is 102 Å². The quantitative estimate of drug-likeness (QED) is 0.722. The molecule has 1 heterocycles. The molecule has 1 atom stereocenters. The van der Waals surface area contributed by atoms with Crippen LogP contribution in [0.2, 0.25) is 18.1 Å². The van der Waals surface area contributed by atoms with Gasteiger partial charge in [0.15, 0.2) is 8.32 Å². The van der Waals surface area contributed by atoms with Crippen LogP contribution >= 0.6 is 0 Å². The Hall–Kier alpha value is 0.137. The summed E-state index contributed by atoms with van der Waals surface area (Å²) in [5.41, 5.74) is 5.84. The molecule has 96 valence electrons. The van der Waals surface area contributed by atoms with Crippen molar-refractivity contribution >= 4 is 8.32 Å². The molecule has 0 aromatic carbocycles. The van der Waals surface area contributed by atoms with Crippen molar-refractivity contribution in [2.75, 3.05) is 6.54 Å². The maximum absolute atomic E-state index is 6.69. The van der Waals surface area contributed by atoms with Gasteiger partial charge in [0, 0.05) is 0 Å². The minimum absolute atomic E-state index is 0.190. The van der Waals surface area contributed by atoms with Crippen LogP contribution in [0.1, 0.15) is 52.9 Å². The van der Waals surface area contributed by atoms with Crippen molar-refractivity contribution in [3.8, 4) is 0 Å². The molecule has 2 N–H and O–H groups in total. The van der Waals surface area contributed by atoms with E-state index in [9.17, 15) is 0 Å². The lowest BCUT2D eigenvalue weighted by Crippen LogP contribution is -2.51. The molecular formula is C13H29NOSi. The summed E-state index contributed by atoms with van der Waals surface area (Å²) < 4.78 is 6.69. The Morgan fingerprint density at radius 3 is 2.44 bits per heavy atom. The third kappa shape index (κ3) is 3.08. The van der Waals surface area contributed by atoms with E-state index in [1.165, 1.54) is 43.8 Å². The maximum Gasteiger partial charge on any atom is 0.193 e. The molecular weight excluding hydrogens is 214 g/mol. The van der Waals surface area contributed by atoms with Gasteiger partial charge in [0.2, 0.25) is 0 Å². The number of hydrogen-bond donors (Lipinski definition) is 1. The van der Waals surface area contributed by atoms with Gasteiger partial charge in [-0.2, -0.15) is 0 Å². The molecule has 0 amide bonds. The summed E-state index contributed by atoms with van der Waals surface area (Å²) in [5.74, 6) is 0. The van der Waals surface area contributed by atoms with Crippen molar-refractivity contribution in [1.29, 1.82) is 0 Å². The third-order valence-corrected chi connectivity index (χ3v) is 9.18. The third-order valence-electron chi connectivity index (χ3n) is 4.47. The van der Waals surface area contributed by atoms with Crippen molar-refractivity contribution in [1.82, 2.24) is 0 Å². The Bertz CT molecular complexity index is 206. The van der Waals surface area contributed by atoms with Crippen LogP contribution in [0.4, 0.5) is 0 Å². The zero-order valence-electron chi connectivity index (χ0n) is 11.3. The molecule has 0 aromatic heterocycles. The van der Waals surface area contributed by atoms with E-state index in [1.54, 1.807) is 0 Å². The summed E-state index contributed by atoms with van der Waals surface area (Å²) in [6, 6.07) is 3.95. The molecule has 3 heteroatoms. The summed E-state index contributed by atoms with van der Waals surface area (Å²) in [5, 5.41) is 0. The summed E-state index contributed by atoms with van der Waals surface area (Å²) >= 11 is 0. The molecule has 1 rings (SSSR count). The van der Waals surface area contributed by atoms with Gasteiger partial charge in [0.1, 0.15) is 0 Å². The van der Waals surface area contributed by atoms with E-state index >= 15 is 0 Å². The summed E-state index contributed by atoms with van der Waals surface area (Å²) in [4.78, 5) is 0. The maximum atomic E-state index is 6.69. The van der Waals surface area contributed by atoms with Crippen molar-refractivity contribution < 1.29 is 4.43 Å². The highest BCUT2D eigenvalue weighted by molar-refractivity contribution is 6.73. The van der Waals surface area contributed by atoms with E-state index in [-0.39, 0.29) is 5.60 Å². The fourth-order valence-corrected chi connectivity index (χ4v) is 6.75. The predicted octanol–water partition coefficient (Wildman–Crippen LogP) is 3.67. The standard InChI is InChI=1S/C13H29NOSi/c1-4-13(9-7-11-14)10-8-12-16(5-2,6-3)15-13/h4-12,14H2,1-3H3. The van der Waals surface area contributed by atoms with Crippen molar-refractivity contribution in [3.63, 3.8) is 0 Å². The lowest BCUT2D eigenvalue weighted by atomic mass is 9.90. The second-order valence-electron chi connectivity index (χ2n) is 5.27. The van der Waals surface area contributed by atoms with Gasteiger partial charge >= 0.3 is 0 Å². The monoisotopic (exact) mass is 243 g/mol. The first-order valence-corrected chi connectivity index (χ1v) is 9.59. The van der Waals surface area contributed by atoms with Gasteiger partial charge in [-0.15, -0.1) is 0 Å². The minimum atomic E-state index is -1.38. The zero-order chi connectivity index (χ0) is 12.1. The highest BCUT2D eigenvalue weighted by Crippen LogP contribution is 2.41. The first-order valence-electron chi connectivity index (χ1n) is 7.06. The zero-order valence-corrected chi connectivity index (χ0v) is 12.3. The SMILES string of the molecule is CCC1(CCCN)CCC[Si](CC)(CC)O1. The fourth-order valence-electron chi connectivity index (χ4n) is 3.07. The van der Waals surface area contributed by atoms with Crippen LogP contribution in [0.25, 0.3) is 0 Å². The average molecular weight is 243 g/mol.